The molecule has 45 heavy (non-hydrogen) atoms. The van der Waals surface area contributed by atoms with Crippen molar-refractivity contribution in [3.8, 4) is 6.07 Å². The first-order chi connectivity index (χ1) is 21.7. The molecule has 6 rings (SSSR count). The van der Waals surface area contributed by atoms with Crippen LogP contribution in [0.25, 0.3) is 21.1 Å². The first-order valence-electron chi connectivity index (χ1n) is 15.1. The Morgan fingerprint density at radius 2 is 1.87 bits per heavy atom. The molecule has 0 unspecified atom stereocenters. The Bertz CT molecular complexity index is 1730. The Balaban J connectivity index is 1.03. The van der Waals surface area contributed by atoms with E-state index in [4.69, 9.17) is 0 Å². The Kier molecular flexibility index (Phi) is 9.07. The fraction of sp³-hybridized carbons (Fsp3) is 0.438. The molecule has 2 fully saturated rings. The summed E-state index contributed by atoms with van der Waals surface area (Å²) in [6.07, 6.45) is 0.162. The molecule has 1 atom stereocenters. The number of nitriles is 1. The van der Waals surface area contributed by atoms with Gasteiger partial charge < -0.3 is 15.2 Å². The first-order valence-corrected chi connectivity index (χ1v) is 16.0. The van der Waals surface area contributed by atoms with Crippen molar-refractivity contribution in [2.45, 2.75) is 57.0 Å². The quantitative estimate of drug-likeness (QED) is 0.234. The molecule has 0 spiro atoms. The standard InChI is InChI=1S/C32H35F3N8OS/c1-2-29(44)39-24-7-10-42(19-24)11-12-43-25(17-36)14-22-13-21(3-4-28(22)43)18-41-8-5-23(6-9-41)40-30-27-15-26(16-32(33,34)35)45-31(27)38-20-37-30/h2-4,13-15,20,23-24H,1,5-12,16,18-19H2,(H,39,44)(H,37,38,40)/t24-/m0/s1. The second-order valence-corrected chi connectivity index (χ2v) is 12.9. The van der Waals surface area contributed by atoms with E-state index in [1.807, 2.05) is 6.07 Å². The van der Waals surface area contributed by atoms with Gasteiger partial charge in [0.2, 0.25) is 5.91 Å². The Labute approximate surface area is 263 Å². The van der Waals surface area contributed by atoms with Gasteiger partial charge in [0.1, 0.15) is 28.7 Å². The van der Waals surface area contributed by atoms with E-state index >= 15 is 0 Å². The summed E-state index contributed by atoms with van der Waals surface area (Å²) in [5, 5.41) is 18.0. The third-order valence-corrected chi connectivity index (χ3v) is 9.66. The van der Waals surface area contributed by atoms with Crippen LogP contribution in [-0.2, 0) is 24.3 Å². The van der Waals surface area contributed by atoms with Gasteiger partial charge in [-0.15, -0.1) is 11.3 Å². The van der Waals surface area contributed by atoms with Gasteiger partial charge in [0.25, 0.3) is 0 Å². The smallest absolute Gasteiger partial charge is 0.367 e. The number of nitrogens with one attached hydrogen (secondary N) is 2. The van der Waals surface area contributed by atoms with Gasteiger partial charge in [-0.1, -0.05) is 12.6 Å². The van der Waals surface area contributed by atoms with Gasteiger partial charge in [-0.2, -0.15) is 18.4 Å². The lowest BCUT2D eigenvalue weighted by atomic mass is 10.0. The fourth-order valence-electron chi connectivity index (χ4n) is 6.40. The maximum absolute atomic E-state index is 12.9. The van der Waals surface area contributed by atoms with Crippen LogP contribution in [0.1, 0.15) is 35.4 Å². The van der Waals surface area contributed by atoms with Crippen molar-refractivity contribution in [1.82, 2.24) is 29.7 Å². The molecule has 0 bridgehead atoms. The number of piperidine rings is 1. The summed E-state index contributed by atoms with van der Waals surface area (Å²) in [7, 11) is 0. The van der Waals surface area contributed by atoms with Crippen molar-refractivity contribution in [3.05, 3.63) is 65.4 Å². The minimum Gasteiger partial charge on any atom is -0.367 e. The normalized spacial score (nSPS) is 18.4. The second-order valence-electron chi connectivity index (χ2n) is 11.8. The number of likely N-dealkylation sites (tertiary alicyclic amines) is 2. The summed E-state index contributed by atoms with van der Waals surface area (Å²) in [6.45, 7) is 9.25. The zero-order valence-corrected chi connectivity index (χ0v) is 25.6. The van der Waals surface area contributed by atoms with Gasteiger partial charge in [-0.25, -0.2) is 9.97 Å². The van der Waals surface area contributed by atoms with Crippen LogP contribution >= 0.6 is 11.3 Å². The Morgan fingerprint density at radius 3 is 2.62 bits per heavy atom. The van der Waals surface area contributed by atoms with E-state index in [1.165, 1.54) is 18.0 Å². The number of alkyl halides is 3. The predicted octanol–water partition coefficient (Wildman–Crippen LogP) is 5.08. The number of rotatable bonds is 10. The number of hydrogen-bond acceptors (Lipinski definition) is 8. The van der Waals surface area contributed by atoms with Gasteiger partial charge in [-0.05, 0) is 55.2 Å². The maximum atomic E-state index is 12.9. The highest BCUT2D eigenvalue weighted by atomic mass is 32.1. The predicted molar refractivity (Wildman–Crippen MR) is 169 cm³/mol. The van der Waals surface area contributed by atoms with Crippen LogP contribution in [0.15, 0.2) is 49.3 Å². The fourth-order valence-corrected chi connectivity index (χ4v) is 7.43. The van der Waals surface area contributed by atoms with Gasteiger partial charge in [-0.3, -0.25) is 14.6 Å². The Hall–Kier alpha value is -3.99. The van der Waals surface area contributed by atoms with Crippen molar-refractivity contribution in [2.24, 2.45) is 0 Å². The van der Waals surface area contributed by atoms with Crippen LogP contribution in [0, 0.1) is 11.3 Å². The molecule has 0 radical (unpaired) electrons. The average Bonchev–Trinajstić information content (AvgIpc) is 3.72. The molecule has 9 nitrogen and oxygen atoms in total. The number of benzene rings is 1. The summed E-state index contributed by atoms with van der Waals surface area (Å²) in [4.78, 5) is 25.7. The minimum absolute atomic E-state index is 0.125. The first kappa shape index (κ1) is 31.0. The largest absolute Gasteiger partial charge is 0.393 e. The number of nitrogens with zero attached hydrogens (tertiary/aromatic N) is 6. The SMILES string of the molecule is C=CC(=O)N[C@H]1CCN(CCn2c(C#N)cc3cc(CN4CCC(Nc5ncnc6sc(CC(F)(F)F)cc56)CC4)ccc32)C1. The summed E-state index contributed by atoms with van der Waals surface area (Å²) in [5.74, 6) is 0.448. The van der Waals surface area contributed by atoms with Crippen LogP contribution in [0.4, 0.5) is 19.0 Å². The van der Waals surface area contributed by atoms with Crippen molar-refractivity contribution < 1.29 is 18.0 Å². The molecule has 5 heterocycles. The van der Waals surface area contributed by atoms with Gasteiger partial charge in [0, 0.05) is 73.7 Å². The van der Waals surface area contributed by atoms with Crippen molar-refractivity contribution in [2.75, 3.05) is 38.0 Å². The third-order valence-electron chi connectivity index (χ3n) is 8.61. The van der Waals surface area contributed by atoms with Crippen molar-refractivity contribution in [1.29, 1.82) is 5.26 Å². The lowest BCUT2D eigenvalue weighted by Crippen LogP contribution is -2.38. The number of carbonyl (C=O) groups is 1. The molecular weight excluding hydrogens is 601 g/mol. The molecule has 13 heteroatoms. The summed E-state index contributed by atoms with van der Waals surface area (Å²) in [5.41, 5.74) is 2.86. The molecular formula is C32H35F3N8OS. The van der Waals surface area contributed by atoms with E-state index in [1.54, 1.807) is 6.07 Å². The summed E-state index contributed by atoms with van der Waals surface area (Å²) < 4.78 is 40.8. The summed E-state index contributed by atoms with van der Waals surface area (Å²) >= 11 is 1.06. The maximum Gasteiger partial charge on any atom is 0.393 e. The van der Waals surface area contributed by atoms with Crippen LogP contribution in [0.2, 0.25) is 0 Å². The van der Waals surface area contributed by atoms with Crippen LogP contribution in [0.3, 0.4) is 0 Å². The molecule has 236 valence electrons. The van der Waals surface area contributed by atoms with Gasteiger partial charge in [0.05, 0.1) is 11.8 Å². The highest BCUT2D eigenvalue weighted by Crippen LogP contribution is 2.33. The van der Waals surface area contributed by atoms with Crippen LogP contribution in [-0.4, -0.2) is 81.2 Å². The van der Waals surface area contributed by atoms with E-state index in [2.05, 4.69) is 65.8 Å². The average molecular weight is 637 g/mol. The molecule has 2 saturated heterocycles. The van der Waals surface area contributed by atoms with E-state index < -0.39 is 12.6 Å². The number of aromatic nitrogens is 3. The molecule has 0 saturated carbocycles. The zero-order chi connectivity index (χ0) is 31.6. The third kappa shape index (κ3) is 7.46. The molecule has 3 aromatic heterocycles. The van der Waals surface area contributed by atoms with Crippen molar-refractivity contribution >= 4 is 44.2 Å². The van der Waals surface area contributed by atoms with E-state index in [0.29, 0.717) is 28.3 Å². The number of hydrogen-bond donors (Lipinski definition) is 2. The van der Waals surface area contributed by atoms with Gasteiger partial charge in [0.15, 0.2) is 0 Å². The molecule has 4 aromatic rings. The molecule has 2 aliphatic heterocycles. The number of amides is 1. The molecule has 2 aliphatic rings. The van der Waals surface area contributed by atoms with Crippen LogP contribution < -0.4 is 10.6 Å². The van der Waals surface area contributed by atoms with Crippen molar-refractivity contribution in [3.63, 3.8) is 0 Å². The molecule has 1 aromatic carbocycles. The molecule has 1 amide bonds. The van der Waals surface area contributed by atoms with E-state index in [9.17, 15) is 23.2 Å². The number of thiophene rings is 1. The van der Waals surface area contributed by atoms with Gasteiger partial charge >= 0.3 is 6.18 Å². The minimum atomic E-state index is -4.26. The molecule has 0 aliphatic carbocycles. The topological polar surface area (TPSA) is 102 Å². The number of anilines is 1. The van der Waals surface area contributed by atoms with E-state index in [0.717, 1.165) is 80.8 Å². The van der Waals surface area contributed by atoms with E-state index in [-0.39, 0.29) is 22.9 Å². The number of halogens is 3. The highest BCUT2D eigenvalue weighted by Gasteiger charge is 2.29. The highest BCUT2D eigenvalue weighted by molar-refractivity contribution is 7.18. The monoisotopic (exact) mass is 636 g/mol. The van der Waals surface area contributed by atoms with Crippen LogP contribution in [0.5, 0.6) is 0 Å². The number of fused-ring (bicyclic) bond motifs is 2. The zero-order valence-electron chi connectivity index (χ0n) is 24.8. The molecule has 2 N–H and O–H groups in total. The summed E-state index contributed by atoms with van der Waals surface area (Å²) in [6, 6.07) is 12.6. The second kappa shape index (κ2) is 13.2. The number of carbonyl (C=O) groups excluding carboxylic acids is 1. The Morgan fingerprint density at radius 1 is 1.09 bits per heavy atom. The lowest BCUT2D eigenvalue weighted by Gasteiger charge is -2.32. The lowest BCUT2D eigenvalue weighted by molar-refractivity contribution is -0.126.